The number of carboxylic acid groups (broad SMARTS) is 1. The molecule has 8 heteroatoms. The molecule has 0 saturated heterocycles. The molecule has 172 valence electrons. The smallest absolute Gasteiger partial charge is 0.304 e. The number of aliphatic carboxylic acids is 1. The third-order valence-electron chi connectivity index (χ3n) is 5.72. The minimum atomic E-state index is -1.34. The Kier molecular flexibility index (Phi) is 7.82. The summed E-state index contributed by atoms with van der Waals surface area (Å²) in [6.45, 7) is 0.596. The molecule has 0 bridgehead atoms. The van der Waals surface area contributed by atoms with E-state index >= 15 is 0 Å². The maximum Gasteiger partial charge on any atom is 0.304 e. The molecular weight excluding hydrogens is 427 g/mol. The Labute approximate surface area is 189 Å². The van der Waals surface area contributed by atoms with E-state index in [2.05, 4.69) is 5.10 Å². The van der Waals surface area contributed by atoms with Crippen molar-refractivity contribution in [3.8, 4) is 0 Å². The molecule has 2 unspecified atom stereocenters. The second kappa shape index (κ2) is 10.8. The Hall–Kier alpha value is -3.68. The van der Waals surface area contributed by atoms with Crippen LogP contribution in [0.5, 0.6) is 0 Å². The highest BCUT2D eigenvalue weighted by Gasteiger charge is 2.29. The average Bonchev–Trinajstić information content (AvgIpc) is 2.80. The van der Waals surface area contributed by atoms with Gasteiger partial charge in [-0.25, -0.2) is 9.07 Å². The molecule has 7 nitrogen and oxygen atoms in total. The van der Waals surface area contributed by atoms with Crippen LogP contribution < -0.4 is 5.56 Å². The number of carboxylic acids is 1. The summed E-state index contributed by atoms with van der Waals surface area (Å²) in [4.78, 5) is 48.9. The van der Waals surface area contributed by atoms with Gasteiger partial charge in [-0.2, -0.15) is 5.10 Å². The van der Waals surface area contributed by atoms with Crippen LogP contribution in [-0.2, 0) is 20.9 Å². The lowest BCUT2D eigenvalue weighted by Crippen LogP contribution is -2.31. The highest BCUT2D eigenvalue weighted by atomic mass is 19.1. The predicted molar refractivity (Wildman–Crippen MR) is 121 cm³/mol. The van der Waals surface area contributed by atoms with Crippen molar-refractivity contribution >= 4 is 28.3 Å². The molecule has 33 heavy (non-hydrogen) atoms. The number of alkyl halides is 1. The standard InChI is InChI=1S/C25H25FN2O5/c1-2-20(22(29)12-19(13-24(31)32)23(30)14-26)21-9-10-27-28(25(21)33)15-16-7-8-17-5-3-4-6-18(17)11-16/h3-11,19-20H,2,12-15H2,1H3,(H,31,32). The number of nitrogens with zero attached hydrogens (tertiary/aromatic N) is 2. The molecule has 1 heterocycles. The van der Waals surface area contributed by atoms with Crippen LogP contribution in [0.2, 0.25) is 0 Å². The van der Waals surface area contributed by atoms with Gasteiger partial charge in [0.25, 0.3) is 5.56 Å². The maximum atomic E-state index is 13.1. The molecule has 0 aliphatic rings. The third kappa shape index (κ3) is 5.77. The Bertz CT molecular complexity index is 1240. The fourth-order valence-corrected chi connectivity index (χ4v) is 3.98. The Morgan fingerprint density at radius 2 is 1.76 bits per heavy atom. The molecule has 0 saturated carbocycles. The normalized spacial score (nSPS) is 12.9. The fraction of sp³-hybridized carbons (Fsp3) is 0.320. The summed E-state index contributed by atoms with van der Waals surface area (Å²) in [6.07, 6.45) is 0.653. The first kappa shape index (κ1) is 24.0. The second-order valence-electron chi connectivity index (χ2n) is 7.96. The van der Waals surface area contributed by atoms with Gasteiger partial charge in [-0.1, -0.05) is 43.3 Å². The van der Waals surface area contributed by atoms with Crippen LogP contribution >= 0.6 is 0 Å². The van der Waals surface area contributed by atoms with Crippen LogP contribution in [0.3, 0.4) is 0 Å². The summed E-state index contributed by atoms with van der Waals surface area (Å²) >= 11 is 0. The first-order valence-electron chi connectivity index (χ1n) is 10.7. The van der Waals surface area contributed by atoms with Crippen molar-refractivity contribution in [2.45, 2.75) is 38.6 Å². The van der Waals surface area contributed by atoms with Gasteiger partial charge in [0, 0.05) is 30.0 Å². The van der Waals surface area contributed by atoms with E-state index < -0.39 is 54.4 Å². The monoisotopic (exact) mass is 452 g/mol. The van der Waals surface area contributed by atoms with Gasteiger partial charge in [0.2, 0.25) is 0 Å². The summed E-state index contributed by atoms with van der Waals surface area (Å²) < 4.78 is 14.1. The van der Waals surface area contributed by atoms with Crippen LogP contribution in [0, 0.1) is 5.92 Å². The third-order valence-corrected chi connectivity index (χ3v) is 5.72. The number of rotatable bonds is 11. The molecule has 1 aromatic heterocycles. The fourth-order valence-electron chi connectivity index (χ4n) is 3.98. The van der Waals surface area contributed by atoms with Gasteiger partial charge in [0.1, 0.15) is 12.5 Å². The summed E-state index contributed by atoms with van der Waals surface area (Å²) in [7, 11) is 0. The van der Waals surface area contributed by atoms with Gasteiger partial charge in [-0.05, 0) is 34.9 Å². The van der Waals surface area contributed by atoms with Crippen molar-refractivity contribution in [3.05, 3.63) is 76.2 Å². The Morgan fingerprint density at radius 3 is 2.42 bits per heavy atom. The van der Waals surface area contributed by atoms with E-state index in [1.807, 2.05) is 42.5 Å². The molecule has 0 amide bonds. The topological polar surface area (TPSA) is 106 Å². The zero-order valence-electron chi connectivity index (χ0n) is 18.2. The largest absolute Gasteiger partial charge is 0.481 e. The van der Waals surface area contributed by atoms with Crippen molar-refractivity contribution in [2.75, 3.05) is 6.67 Å². The summed E-state index contributed by atoms with van der Waals surface area (Å²) in [5.41, 5.74) is 0.660. The SMILES string of the molecule is CCC(C(=O)CC(CC(=O)O)C(=O)CF)c1ccnn(Cc2ccc3ccccc3c2)c1=O. The summed E-state index contributed by atoms with van der Waals surface area (Å²) in [5, 5.41) is 15.2. The van der Waals surface area contributed by atoms with E-state index in [1.165, 1.54) is 16.9 Å². The number of halogens is 1. The molecular formula is C25H25FN2O5. The van der Waals surface area contributed by atoms with Gasteiger partial charge in [-0.3, -0.25) is 19.2 Å². The lowest BCUT2D eigenvalue weighted by Gasteiger charge is -2.18. The Morgan fingerprint density at radius 1 is 1.03 bits per heavy atom. The van der Waals surface area contributed by atoms with Crippen molar-refractivity contribution in [2.24, 2.45) is 5.92 Å². The summed E-state index contributed by atoms with van der Waals surface area (Å²) in [6, 6.07) is 15.1. The highest BCUT2D eigenvalue weighted by molar-refractivity contribution is 5.93. The number of ketones is 2. The minimum absolute atomic E-state index is 0.212. The number of Topliss-reactive ketones (excluding diaryl/α,β-unsaturated/α-hetero) is 2. The van der Waals surface area contributed by atoms with E-state index in [0.717, 1.165) is 16.3 Å². The van der Waals surface area contributed by atoms with Gasteiger partial charge in [0.05, 0.1) is 13.0 Å². The number of hydrogen-bond donors (Lipinski definition) is 1. The van der Waals surface area contributed by atoms with Crippen LogP contribution in [0.25, 0.3) is 10.8 Å². The zero-order valence-corrected chi connectivity index (χ0v) is 18.2. The predicted octanol–water partition coefficient (Wildman–Crippen LogP) is 3.53. The number of carbonyl (C=O) groups is 3. The van der Waals surface area contributed by atoms with Crippen molar-refractivity contribution in [1.82, 2.24) is 9.78 Å². The molecule has 0 fully saturated rings. The number of aromatic nitrogens is 2. The number of hydrogen-bond acceptors (Lipinski definition) is 5. The van der Waals surface area contributed by atoms with Crippen molar-refractivity contribution in [1.29, 1.82) is 0 Å². The van der Waals surface area contributed by atoms with E-state index in [9.17, 15) is 23.6 Å². The van der Waals surface area contributed by atoms with Crippen molar-refractivity contribution in [3.63, 3.8) is 0 Å². The zero-order chi connectivity index (χ0) is 24.0. The molecule has 3 aromatic rings. The second-order valence-corrected chi connectivity index (χ2v) is 7.96. The van der Waals surface area contributed by atoms with E-state index in [0.29, 0.717) is 0 Å². The molecule has 3 rings (SSSR count). The number of fused-ring (bicyclic) bond motifs is 1. The van der Waals surface area contributed by atoms with Gasteiger partial charge < -0.3 is 5.11 Å². The first-order valence-corrected chi connectivity index (χ1v) is 10.7. The Balaban J connectivity index is 1.86. The maximum absolute atomic E-state index is 13.1. The number of carbonyl (C=O) groups excluding carboxylic acids is 2. The van der Waals surface area contributed by atoms with Gasteiger partial charge in [0.15, 0.2) is 5.78 Å². The molecule has 2 atom stereocenters. The molecule has 2 aromatic carbocycles. The van der Waals surface area contributed by atoms with Gasteiger partial charge in [-0.15, -0.1) is 0 Å². The van der Waals surface area contributed by atoms with E-state index in [-0.39, 0.29) is 18.5 Å². The lowest BCUT2D eigenvalue weighted by molar-refractivity contribution is -0.141. The molecule has 1 N–H and O–H groups in total. The van der Waals surface area contributed by atoms with Gasteiger partial charge >= 0.3 is 5.97 Å². The first-order chi connectivity index (χ1) is 15.8. The summed E-state index contributed by atoms with van der Waals surface area (Å²) in [5.74, 6) is -4.78. The number of benzene rings is 2. The quantitative estimate of drug-likeness (QED) is 0.477. The van der Waals surface area contributed by atoms with Crippen LogP contribution in [-0.4, -0.2) is 39.1 Å². The van der Waals surface area contributed by atoms with E-state index in [1.54, 1.807) is 6.92 Å². The van der Waals surface area contributed by atoms with Crippen LogP contribution in [0.1, 0.15) is 43.2 Å². The minimum Gasteiger partial charge on any atom is -0.481 e. The average molecular weight is 452 g/mol. The van der Waals surface area contributed by atoms with Crippen molar-refractivity contribution < 1.29 is 23.9 Å². The highest BCUT2D eigenvalue weighted by Crippen LogP contribution is 2.23. The molecule has 0 aliphatic carbocycles. The van der Waals surface area contributed by atoms with Crippen LogP contribution in [0.4, 0.5) is 4.39 Å². The molecule has 0 aliphatic heterocycles. The van der Waals surface area contributed by atoms with E-state index in [4.69, 9.17) is 5.11 Å². The lowest BCUT2D eigenvalue weighted by atomic mass is 9.85. The molecule has 0 spiro atoms. The van der Waals surface area contributed by atoms with Crippen LogP contribution in [0.15, 0.2) is 59.5 Å². The molecule has 0 radical (unpaired) electrons.